The average Bonchev–Trinajstić information content (AvgIpc) is 2.46. The Bertz CT molecular complexity index is 187. The molecule has 1 heterocycles. The summed E-state index contributed by atoms with van der Waals surface area (Å²) in [5.41, 5.74) is 0. The van der Waals surface area contributed by atoms with Crippen LogP contribution in [0.3, 0.4) is 0 Å². The Labute approximate surface area is 88.7 Å². The van der Waals surface area contributed by atoms with Gasteiger partial charge in [0.25, 0.3) is 0 Å². The number of rotatable bonds is 2. The van der Waals surface area contributed by atoms with E-state index in [4.69, 9.17) is 4.74 Å². The molecule has 0 amide bonds. The standard InChI is InChI=1S/C5H12NO3P.Na/c1-4-5(9-4)10(7,8)6(2)3;/h4-5H,1-3H3,(H,7,8);/q;+1/p-1/t4-,5+;/m1./s1. The van der Waals surface area contributed by atoms with Crippen LogP contribution in [0, 0.1) is 0 Å². The van der Waals surface area contributed by atoms with Crippen LogP contribution in [0.25, 0.3) is 0 Å². The fraction of sp³-hybridized carbons (Fsp3) is 1.00. The summed E-state index contributed by atoms with van der Waals surface area (Å²) in [4.78, 5) is 11.1. The summed E-state index contributed by atoms with van der Waals surface area (Å²) >= 11 is 0. The van der Waals surface area contributed by atoms with E-state index >= 15 is 0 Å². The van der Waals surface area contributed by atoms with Crippen LogP contribution in [0.5, 0.6) is 0 Å². The minimum Gasteiger partial charge on any atom is -0.786 e. The van der Waals surface area contributed by atoms with E-state index in [2.05, 4.69) is 0 Å². The Kier molecular flexibility index (Phi) is 4.27. The van der Waals surface area contributed by atoms with Crippen molar-refractivity contribution in [3.63, 3.8) is 0 Å². The SMILES string of the molecule is C[C@H]1O[C@H]1P(=O)([O-])N(C)C.[Na+]. The monoisotopic (exact) mass is 187 g/mol. The first-order valence-corrected chi connectivity index (χ1v) is 4.75. The molecular formula is C5H11NNaO3P. The molecule has 1 rings (SSSR count). The van der Waals surface area contributed by atoms with Gasteiger partial charge in [-0.1, -0.05) is 0 Å². The van der Waals surface area contributed by atoms with E-state index in [0.29, 0.717) is 0 Å². The molecule has 3 atom stereocenters. The molecule has 6 heteroatoms. The Morgan fingerprint density at radius 2 is 1.91 bits per heavy atom. The maximum Gasteiger partial charge on any atom is 1.00 e. The molecule has 0 aromatic carbocycles. The largest absolute Gasteiger partial charge is 1.00 e. The molecule has 0 aromatic heterocycles. The molecule has 1 saturated heterocycles. The van der Waals surface area contributed by atoms with Crippen molar-refractivity contribution in [1.82, 2.24) is 4.67 Å². The van der Waals surface area contributed by atoms with Crippen molar-refractivity contribution >= 4 is 7.52 Å². The van der Waals surface area contributed by atoms with Crippen LogP contribution in [-0.4, -0.2) is 30.7 Å². The zero-order valence-electron chi connectivity index (χ0n) is 7.27. The smallest absolute Gasteiger partial charge is 0.786 e. The maximum absolute atomic E-state index is 11.1. The molecule has 0 saturated carbocycles. The summed E-state index contributed by atoms with van der Waals surface area (Å²) in [6, 6.07) is 0. The van der Waals surface area contributed by atoms with Gasteiger partial charge in [-0.05, 0) is 21.0 Å². The van der Waals surface area contributed by atoms with E-state index in [1.54, 1.807) is 6.92 Å². The van der Waals surface area contributed by atoms with Gasteiger partial charge in [0.2, 0.25) is 0 Å². The van der Waals surface area contributed by atoms with Crippen LogP contribution in [0.2, 0.25) is 0 Å². The molecule has 0 aliphatic carbocycles. The minimum absolute atomic E-state index is 0. The van der Waals surface area contributed by atoms with Gasteiger partial charge in [0.05, 0.1) is 6.10 Å². The van der Waals surface area contributed by atoms with Crippen molar-refractivity contribution < 1.29 is 43.8 Å². The zero-order chi connectivity index (χ0) is 7.94. The molecule has 0 radical (unpaired) electrons. The molecule has 1 fully saturated rings. The van der Waals surface area contributed by atoms with E-state index in [0.717, 1.165) is 0 Å². The summed E-state index contributed by atoms with van der Waals surface area (Å²) < 4.78 is 17.2. The molecule has 1 aliphatic heterocycles. The van der Waals surface area contributed by atoms with Gasteiger partial charge < -0.3 is 14.2 Å². The third kappa shape index (κ3) is 2.52. The van der Waals surface area contributed by atoms with Crippen LogP contribution in [0.15, 0.2) is 0 Å². The van der Waals surface area contributed by atoms with E-state index in [1.165, 1.54) is 18.8 Å². The molecule has 1 unspecified atom stereocenters. The van der Waals surface area contributed by atoms with E-state index < -0.39 is 13.4 Å². The number of ether oxygens (including phenoxy) is 1. The fourth-order valence-corrected chi connectivity index (χ4v) is 2.08. The Morgan fingerprint density at radius 1 is 1.55 bits per heavy atom. The van der Waals surface area contributed by atoms with Gasteiger partial charge in [-0.2, -0.15) is 0 Å². The summed E-state index contributed by atoms with van der Waals surface area (Å²) in [5, 5.41) is 0. The van der Waals surface area contributed by atoms with Crippen LogP contribution < -0.4 is 34.5 Å². The van der Waals surface area contributed by atoms with E-state index in [-0.39, 0.29) is 35.7 Å². The van der Waals surface area contributed by atoms with Crippen molar-refractivity contribution in [3.05, 3.63) is 0 Å². The van der Waals surface area contributed by atoms with Gasteiger partial charge in [-0.3, -0.25) is 4.67 Å². The second kappa shape index (κ2) is 3.88. The van der Waals surface area contributed by atoms with Crippen molar-refractivity contribution in [3.8, 4) is 0 Å². The first-order chi connectivity index (χ1) is 4.46. The third-order valence-electron chi connectivity index (χ3n) is 1.56. The van der Waals surface area contributed by atoms with Crippen LogP contribution in [-0.2, 0) is 9.30 Å². The summed E-state index contributed by atoms with van der Waals surface area (Å²) in [6.07, 6.45) is -0.120. The Morgan fingerprint density at radius 3 is 2.00 bits per heavy atom. The third-order valence-corrected chi connectivity index (χ3v) is 3.86. The molecule has 0 N–H and O–H groups in total. The van der Waals surface area contributed by atoms with Crippen molar-refractivity contribution in [2.75, 3.05) is 14.1 Å². The van der Waals surface area contributed by atoms with Crippen molar-refractivity contribution in [2.45, 2.75) is 18.9 Å². The normalized spacial score (nSPS) is 34.3. The average molecular weight is 187 g/mol. The van der Waals surface area contributed by atoms with Gasteiger partial charge in [-0.15, -0.1) is 0 Å². The van der Waals surface area contributed by atoms with Crippen LogP contribution in [0.4, 0.5) is 0 Å². The number of epoxide rings is 1. The molecule has 60 valence electrons. The summed E-state index contributed by atoms with van der Waals surface area (Å²) in [6.45, 7) is 1.75. The molecule has 11 heavy (non-hydrogen) atoms. The second-order valence-electron chi connectivity index (χ2n) is 2.64. The van der Waals surface area contributed by atoms with Gasteiger partial charge in [0.1, 0.15) is 13.4 Å². The number of nitrogens with zero attached hydrogens (tertiary/aromatic N) is 1. The second-order valence-corrected chi connectivity index (χ2v) is 5.08. The topological polar surface area (TPSA) is 55.9 Å². The van der Waals surface area contributed by atoms with Crippen molar-refractivity contribution in [1.29, 1.82) is 0 Å². The molecular weight excluding hydrogens is 176 g/mol. The van der Waals surface area contributed by atoms with Crippen LogP contribution >= 0.6 is 7.52 Å². The Hall–Kier alpha value is 1.11. The number of hydrogen-bond acceptors (Lipinski definition) is 3. The predicted molar refractivity (Wildman–Crippen MR) is 35.6 cm³/mol. The maximum atomic E-state index is 11.1. The van der Waals surface area contributed by atoms with Crippen LogP contribution in [0.1, 0.15) is 6.92 Å². The summed E-state index contributed by atoms with van der Waals surface area (Å²) in [5.74, 6) is -0.567. The van der Waals surface area contributed by atoms with Crippen molar-refractivity contribution in [2.24, 2.45) is 0 Å². The van der Waals surface area contributed by atoms with E-state index in [1.807, 2.05) is 0 Å². The first kappa shape index (κ1) is 12.1. The predicted octanol–water partition coefficient (Wildman–Crippen LogP) is -3.15. The Balaban J connectivity index is 0.000001000. The van der Waals surface area contributed by atoms with Gasteiger partial charge in [-0.25, -0.2) is 0 Å². The van der Waals surface area contributed by atoms with Gasteiger partial charge >= 0.3 is 29.6 Å². The molecule has 0 bridgehead atoms. The van der Waals surface area contributed by atoms with E-state index in [9.17, 15) is 9.46 Å². The summed E-state index contributed by atoms with van der Waals surface area (Å²) in [7, 11) is -0.388. The minimum atomic E-state index is -3.42. The number of hydrogen-bond donors (Lipinski definition) is 0. The fourth-order valence-electron chi connectivity index (χ4n) is 0.744. The van der Waals surface area contributed by atoms with Gasteiger partial charge in [0.15, 0.2) is 0 Å². The molecule has 0 spiro atoms. The molecule has 4 nitrogen and oxygen atoms in total. The molecule has 1 aliphatic rings. The quantitative estimate of drug-likeness (QED) is 0.260. The first-order valence-electron chi connectivity index (χ1n) is 3.10. The molecule has 0 aromatic rings. The van der Waals surface area contributed by atoms with Gasteiger partial charge in [0, 0.05) is 0 Å². The zero-order valence-corrected chi connectivity index (χ0v) is 10.2.